The molecule has 0 radical (unpaired) electrons. The number of pyridine rings is 1. The number of carbonyl (C=O) groups excluding carboxylic acids is 3. The third-order valence-corrected chi connectivity index (χ3v) is 7.08. The molecule has 1 N–H and O–H groups in total. The topological polar surface area (TPSA) is 88.6 Å². The van der Waals surface area contributed by atoms with Crippen LogP contribution < -0.4 is 10.2 Å². The van der Waals surface area contributed by atoms with Crippen molar-refractivity contribution in [3.63, 3.8) is 0 Å². The van der Waals surface area contributed by atoms with Crippen molar-refractivity contribution in [1.29, 1.82) is 0 Å². The molecule has 0 bridgehead atoms. The number of nitrogens with zero attached hydrogens (tertiary/aromatic N) is 2. The van der Waals surface area contributed by atoms with E-state index in [0.29, 0.717) is 16.8 Å². The fourth-order valence-corrected chi connectivity index (χ4v) is 5.14. The zero-order chi connectivity index (χ0) is 24.6. The molecular weight excluding hydrogens is 462 g/mol. The number of amides is 2. The molecule has 2 heterocycles. The van der Waals surface area contributed by atoms with Crippen molar-refractivity contribution >= 4 is 34.8 Å². The Hall–Kier alpha value is -3.52. The maximum Gasteiger partial charge on any atom is 0.337 e. The van der Waals surface area contributed by atoms with E-state index in [1.807, 2.05) is 23.6 Å². The summed E-state index contributed by atoms with van der Waals surface area (Å²) in [7, 11) is 1.32. The van der Waals surface area contributed by atoms with E-state index in [1.165, 1.54) is 29.8 Å². The highest BCUT2D eigenvalue weighted by molar-refractivity contribution is 7.10. The molecule has 8 heteroatoms. The number of hydrogen-bond acceptors (Lipinski definition) is 6. The Balaban J connectivity index is 1.73. The summed E-state index contributed by atoms with van der Waals surface area (Å²) >= 11 is 1.50. The van der Waals surface area contributed by atoms with Gasteiger partial charge in [0, 0.05) is 34.6 Å². The number of thiophene rings is 1. The van der Waals surface area contributed by atoms with Gasteiger partial charge in [0.1, 0.15) is 6.04 Å². The summed E-state index contributed by atoms with van der Waals surface area (Å²) < 4.78 is 4.80. The second kappa shape index (κ2) is 11.8. The molecule has 0 aliphatic heterocycles. The average molecular weight is 492 g/mol. The third kappa shape index (κ3) is 6.14. The van der Waals surface area contributed by atoms with Gasteiger partial charge < -0.3 is 10.1 Å². The van der Waals surface area contributed by atoms with Crippen molar-refractivity contribution in [2.45, 2.75) is 50.6 Å². The van der Waals surface area contributed by atoms with Gasteiger partial charge in [0.15, 0.2) is 0 Å². The van der Waals surface area contributed by atoms with Gasteiger partial charge in [-0.15, -0.1) is 11.3 Å². The Labute approximate surface area is 209 Å². The number of esters is 1. The molecule has 1 atom stereocenters. The zero-order valence-electron chi connectivity index (χ0n) is 19.7. The first kappa shape index (κ1) is 24.6. The lowest BCUT2D eigenvalue weighted by molar-refractivity contribution is -0.127. The van der Waals surface area contributed by atoms with E-state index in [9.17, 15) is 14.4 Å². The minimum Gasteiger partial charge on any atom is -0.465 e. The molecule has 1 fully saturated rings. The third-order valence-electron chi connectivity index (χ3n) is 6.20. The van der Waals surface area contributed by atoms with Crippen LogP contribution in [0.2, 0.25) is 0 Å². The van der Waals surface area contributed by atoms with Crippen LogP contribution in [0.3, 0.4) is 0 Å². The van der Waals surface area contributed by atoms with Crippen molar-refractivity contribution in [1.82, 2.24) is 10.3 Å². The largest absolute Gasteiger partial charge is 0.465 e. The van der Waals surface area contributed by atoms with Crippen LogP contribution >= 0.6 is 11.3 Å². The van der Waals surface area contributed by atoms with Crippen molar-refractivity contribution in [2.75, 3.05) is 12.0 Å². The molecule has 1 aliphatic carbocycles. The number of aromatic nitrogens is 1. The summed E-state index contributed by atoms with van der Waals surface area (Å²) in [6.45, 7) is 0. The number of carbonyl (C=O) groups is 3. The van der Waals surface area contributed by atoms with Gasteiger partial charge in [0.05, 0.1) is 19.1 Å². The standard InChI is InChI=1S/C27H29N3O4S/c1-34-27(33)19-11-13-22(14-12-19)30(24(31)17-23-10-6-16-35-23)25(20-7-5-15-28-18-20)26(32)29-21-8-3-2-4-9-21/h5-7,10-16,18,21,25H,2-4,8-9,17H2,1H3,(H,29,32)/t25-/m1/s1. The Bertz CT molecular complexity index is 1130. The van der Waals surface area contributed by atoms with E-state index in [0.717, 1.165) is 30.6 Å². The fourth-order valence-electron chi connectivity index (χ4n) is 4.44. The van der Waals surface area contributed by atoms with Crippen molar-refractivity contribution in [2.24, 2.45) is 0 Å². The summed E-state index contributed by atoms with van der Waals surface area (Å²) in [5.41, 5.74) is 1.51. The summed E-state index contributed by atoms with van der Waals surface area (Å²) in [4.78, 5) is 46.1. The first-order valence-corrected chi connectivity index (χ1v) is 12.7. The second-order valence-electron chi connectivity index (χ2n) is 8.59. The van der Waals surface area contributed by atoms with E-state index >= 15 is 0 Å². The molecule has 0 spiro atoms. The molecule has 7 nitrogen and oxygen atoms in total. The Morgan fingerprint density at radius 2 is 1.86 bits per heavy atom. The number of hydrogen-bond donors (Lipinski definition) is 1. The van der Waals surface area contributed by atoms with Crippen LogP contribution in [0.4, 0.5) is 5.69 Å². The molecule has 1 saturated carbocycles. The maximum atomic E-state index is 13.8. The first-order chi connectivity index (χ1) is 17.1. The van der Waals surface area contributed by atoms with Crippen LogP contribution in [0, 0.1) is 0 Å². The maximum absolute atomic E-state index is 13.8. The van der Waals surface area contributed by atoms with Crippen molar-refractivity contribution in [3.8, 4) is 0 Å². The molecule has 1 aliphatic rings. The lowest BCUT2D eigenvalue weighted by atomic mass is 9.94. The minimum absolute atomic E-state index is 0.0892. The van der Waals surface area contributed by atoms with E-state index in [1.54, 1.807) is 42.7 Å². The van der Waals surface area contributed by atoms with Crippen LogP contribution in [0.1, 0.15) is 58.9 Å². The van der Waals surface area contributed by atoms with Gasteiger partial charge in [-0.25, -0.2) is 4.79 Å². The quantitative estimate of drug-likeness (QED) is 0.462. The molecule has 4 rings (SSSR count). The van der Waals surface area contributed by atoms with Crippen LogP contribution in [-0.4, -0.2) is 35.9 Å². The minimum atomic E-state index is -0.901. The molecule has 2 amide bonds. The molecule has 35 heavy (non-hydrogen) atoms. The second-order valence-corrected chi connectivity index (χ2v) is 9.62. The van der Waals surface area contributed by atoms with Gasteiger partial charge in [-0.3, -0.25) is 19.5 Å². The lowest BCUT2D eigenvalue weighted by Crippen LogP contribution is -2.47. The predicted molar refractivity (Wildman–Crippen MR) is 135 cm³/mol. The SMILES string of the molecule is COC(=O)c1ccc(N(C(=O)Cc2cccs2)[C@@H](C(=O)NC2CCCCC2)c2cccnc2)cc1. The van der Waals surface area contributed by atoms with Gasteiger partial charge in [-0.05, 0) is 54.6 Å². The summed E-state index contributed by atoms with van der Waals surface area (Å²) in [5.74, 6) is -0.917. The molecule has 1 aromatic carbocycles. The van der Waals surface area contributed by atoms with Crippen molar-refractivity contribution in [3.05, 3.63) is 82.3 Å². The zero-order valence-corrected chi connectivity index (χ0v) is 20.5. The first-order valence-electron chi connectivity index (χ1n) is 11.8. The lowest BCUT2D eigenvalue weighted by Gasteiger charge is -2.33. The van der Waals surface area contributed by atoms with E-state index in [4.69, 9.17) is 4.74 Å². The van der Waals surface area contributed by atoms with Gasteiger partial charge >= 0.3 is 5.97 Å². The number of benzene rings is 1. The number of anilines is 1. The number of nitrogens with one attached hydrogen (secondary N) is 1. The Morgan fingerprint density at radius 3 is 2.49 bits per heavy atom. The molecule has 3 aromatic rings. The fraction of sp³-hybridized carbons (Fsp3) is 0.333. The summed E-state index contributed by atoms with van der Waals surface area (Å²) in [6.07, 6.45) is 8.63. The number of methoxy groups -OCH3 is 1. The van der Waals surface area contributed by atoms with Gasteiger partial charge in [0.25, 0.3) is 0 Å². The van der Waals surface area contributed by atoms with E-state index < -0.39 is 12.0 Å². The summed E-state index contributed by atoms with van der Waals surface area (Å²) in [5, 5.41) is 5.11. The van der Waals surface area contributed by atoms with Crippen LogP contribution in [-0.2, 0) is 20.7 Å². The summed E-state index contributed by atoms with van der Waals surface area (Å²) in [6, 6.07) is 13.1. The van der Waals surface area contributed by atoms with Crippen molar-refractivity contribution < 1.29 is 19.1 Å². The van der Waals surface area contributed by atoms with E-state index in [-0.39, 0.29) is 24.3 Å². The predicted octanol–water partition coefficient (Wildman–Crippen LogP) is 4.70. The molecule has 182 valence electrons. The van der Waals surface area contributed by atoms with Gasteiger partial charge in [-0.2, -0.15) is 0 Å². The highest BCUT2D eigenvalue weighted by Gasteiger charge is 2.34. The highest BCUT2D eigenvalue weighted by atomic mass is 32.1. The van der Waals surface area contributed by atoms with Gasteiger partial charge in [0.2, 0.25) is 11.8 Å². The molecule has 0 unspecified atom stereocenters. The van der Waals surface area contributed by atoms with Crippen LogP contribution in [0.5, 0.6) is 0 Å². The molecule has 2 aromatic heterocycles. The highest BCUT2D eigenvalue weighted by Crippen LogP contribution is 2.30. The normalized spacial score (nSPS) is 14.7. The van der Waals surface area contributed by atoms with Gasteiger partial charge in [-0.1, -0.05) is 31.4 Å². The number of ether oxygens (including phenoxy) is 1. The monoisotopic (exact) mass is 491 g/mol. The molecule has 0 saturated heterocycles. The Morgan fingerprint density at radius 1 is 1.09 bits per heavy atom. The smallest absolute Gasteiger partial charge is 0.337 e. The molecular formula is C27H29N3O4S. The number of rotatable bonds is 8. The average Bonchev–Trinajstić information content (AvgIpc) is 3.41. The van der Waals surface area contributed by atoms with E-state index in [2.05, 4.69) is 10.3 Å². The van der Waals surface area contributed by atoms with Crippen LogP contribution in [0.25, 0.3) is 0 Å². The van der Waals surface area contributed by atoms with Crippen LogP contribution in [0.15, 0.2) is 66.3 Å². The Kier molecular flexibility index (Phi) is 8.26.